The summed E-state index contributed by atoms with van der Waals surface area (Å²) in [6.45, 7) is 5.66. The molecular formula is C12H18BrN3. The molecule has 2 atom stereocenters. The maximum Gasteiger partial charge on any atom is 0.0778 e. The van der Waals surface area contributed by atoms with E-state index in [1.54, 1.807) is 6.20 Å². The Balaban J connectivity index is 2.30. The molecule has 2 rings (SSSR count). The zero-order chi connectivity index (χ0) is 11.7. The summed E-state index contributed by atoms with van der Waals surface area (Å²) >= 11 is 3.54. The van der Waals surface area contributed by atoms with Crippen molar-refractivity contribution in [3.05, 3.63) is 16.9 Å². The Morgan fingerprint density at radius 2 is 2.19 bits per heavy atom. The summed E-state index contributed by atoms with van der Waals surface area (Å²) in [7, 11) is 0. The van der Waals surface area contributed by atoms with Gasteiger partial charge in [0.15, 0.2) is 0 Å². The highest BCUT2D eigenvalue weighted by atomic mass is 79.9. The van der Waals surface area contributed by atoms with E-state index in [1.807, 2.05) is 6.20 Å². The molecule has 0 saturated carbocycles. The number of hydrogen-bond acceptors (Lipinski definition) is 3. The molecule has 0 aromatic carbocycles. The number of nitrogens with two attached hydrogens (primary N) is 1. The first-order valence-electron chi connectivity index (χ1n) is 5.75. The lowest BCUT2D eigenvalue weighted by Crippen LogP contribution is -2.40. The Morgan fingerprint density at radius 3 is 2.81 bits per heavy atom. The second-order valence-electron chi connectivity index (χ2n) is 4.73. The van der Waals surface area contributed by atoms with E-state index in [2.05, 4.69) is 39.7 Å². The van der Waals surface area contributed by atoms with Crippen LogP contribution in [0.2, 0.25) is 0 Å². The predicted molar refractivity (Wildman–Crippen MR) is 71.6 cm³/mol. The first-order chi connectivity index (χ1) is 7.59. The van der Waals surface area contributed by atoms with Crippen LogP contribution in [0, 0.1) is 5.92 Å². The molecule has 2 unspecified atom stereocenters. The number of nitrogens with zero attached hydrogens (tertiary/aromatic N) is 2. The molecule has 0 spiro atoms. The molecule has 0 aliphatic carbocycles. The summed E-state index contributed by atoms with van der Waals surface area (Å²) in [5, 5.41) is 0. The van der Waals surface area contributed by atoms with Gasteiger partial charge in [-0.3, -0.25) is 4.98 Å². The van der Waals surface area contributed by atoms with Crippen molar-refractivity contribution in [2.24, 2.45) is 5.92 Å². The van der Waals surface area contributed by atoms with E-state index in [4.69, 9.17) is 5.73 Å². The maximum absolute atomic E-state index is 6.01. The molecule has 0 radical (unpaired) electrons. The van der Waals surface area contributed by atoms with Crippen molar-refractivity contribution in [2.75, 3.05) is 17.2 Å². The third-order valence-electron chi connectivity index (χ3n) is 3.33. The number of anilines is 2. The number of piperidine rings is 1. The normalized spacial score (nSPS) is 25.8. The standard InChI is InChI=1S/C12H18BrN3/c1-8-3-4-16(9(2)5-8)12-10(13)6-15-7-11(12)14/h6-9H,3-5,14H2,1-2H3. The molecule has 2 heterocycles. The third-order valence-corrected chi connectivity index (χ3v) is 3.91. The van der Waals surface area contributed by atoms with Crippen molar-refractivity contribution in [2.45, 2.75) is 32.7 Å². The highest BCUT2D eigenvalue weighted by Gasteiger charge is 2.25. The van der Waals surface area contributed by atoms with Crippen LogP contribution in [-0.2, 0) is 0 Å². The molecule has 0 bridgehead atoms. The Kier molecular flexibility index (Phi) is 3.38. The van der Waals surface area contributed by atoms with Crippen molar-refractivity contribution < 1.29 is 0 Å². The topological polar surface area (TPSA) is 42.1 Å². The van der Waals surface area contributed by atoms with E-state index in [0.29, 0.717) is 6.04 Å². The molecule has 0 amide bonds. The highest BCUT2D eigenvalue weighted by molar-refractivity contribution is 9.10. The molecule has 1 aromatic rings. The fourth-order valence-corrected chi connectivity index (χ4v) is 3.06. The summed E-state index contributed by atoms with van der Waals surface area (Å²) in [4.78, 5) is 6.47. The summed E-state index contributed by atoms with van der Waals surface area (Å²) < 4.78 is 0.994. The van der Waals surface area contributed by atoms with Crippen molar-refractivity contribution in [3.8, 4) is 0 Å². The van der Waals surface area contributed by atoms with Crippen molar-refractivity contribution in [1.82, 2.24) is 4.98 Å². The molecule has 1 saturated heterocycles. The van der Waals surface area contributed by atoms with E-state index in [-0.39, 0.29) is 0 Å². The fraction of sp³-hybridized carbons (Fsp3) is 0.583. The number of pyridine rings is 1. The van der Waals surface area contributed by atoms with Gasteiger partial charge in [0.25, 0.3) is 0 Å². The van der Waals surface area contributed by atoms with E-state index < -0.39 is 0 Å². The molecule has 88 valence electrons. The summed E-state index contributed by atoms with van der Waals surface area (Å²) in [6.07, 6.45) is 6.01. The third kappa shape index (κ3) is 2.17. The van der Waals surface area contributed by atoms with Gasteiger partial charge in [-0.2, -0.15) is 0 Å². The van der Waals surface area contributed by atoms with Crippen LogP contribution in [0.15, 0.2) is 16.9 Å². The van der Waals surface area contributed by atoms with Crippen LogP contribution in [-0.4, -0.2) is 17.6 Å². The molecule has 1 aromatic heterocycles. The highest BCUT2D eigenvalue weighted by Crippen LogP contribution is 2.36. The second-order valence-corrected chi connectivity index (χ2v) is 5.59. The number of nitrogen functional groups attached to an aromatic ring is 1. The minimum atomic E-state index is 0.546. The van der Waals surface area contributed by atoms with E-state index in [9.17, 15) is 0 Å². The van der Waals surface area contributed by atoms with Crippen LogP contribution in [0.1, 0.15) is 26.7 Å². The largest absolute Gasteiger partial charge is 0.396 e. The summed E-state index contributed by atoms with van der Waals surface area (Å²) in [6, 6.07) is 0.546. The van der Waals surface area contributed by atoms with Gasteiger partial charge in [0.1, 0.15) is 0 Å². The molecule has 1 aliphatic heterocycles. The van der Waals surface area contributed by atoms with E-state index >= 15 is 0 Å². The van der Waals surface area contributed by atoms with Gasteiger partial charge in [0.05, 0.1) is 22.0 Å². The van der Waals surface area contributed by atoms with Crippen LogP contribution in [0.5, 0.6) is 0 Å². The van der Waals surface area contributed by atoms with Crippen molar-refractivity contribution in [3.63, 3.8) is 0 Å². The molecular weight excluding hydrogens is 266 g/mol. The molecule has 16 heavy (non-hydrogen) atoms. The second kappa shape index (κ2) is 4.62. The minimum absolute atomic E-state index is 0.546. The lowest BCUT2D eigenvalue weighted by atomic mass is 9.93. The molecule has 4 heteroatoms. The van der Waals surface area contributed by atoms with Gasteiger partial charge in [-0.25, -0.2) is 0 Å². The first kappa shape index (κ1) is 11.7. The maximum atomic E-state index is 6.01. The smallest absolute Gasteiger partial charge is 0.0778 e. The Morgan fingerprint density at radius 1 is 1.44 bits per heavy atom. The lowest BCUT2D eigenvalue weighted by molar-refractivity contribution is 0.378. The van der Waals surface area contributed by atoms with E-state index in [0.717, 1.165) is 28.3 Å². The molecule has 1 aliphatic rings. The van der Waals surface area contributed by atoms with Gasteiger partial charge in [-0.15, -0.1) is 0 Å². The Labute approximate surface area is 105 Å². The first-order valence-corrected chi connectivity index (χ1v) is 6.54. The van der Waals surface area contributed by atoms with Crippen LogP contribution in [0.3, 0.4) is 0 Å². The van der Waals surface area contributed by atoms with E-state index in [1.165, 1.54) is 12.8 Å². The Bertz CT molecular complexity index is 360. The van der Waals surface area contributed by atoms with Crippen molar-refractivity contribution in [1.29, 1.82) is 0 Å². The SMILES string of the molecule is CC1CCN(c2c(N)cncc2Br)C(C)C1. The minimum Gasteiger partial charge on any atom is -0.396 e. The van der Waals surface area contributed by atoms with Gasteiger partial charge in [-0.1, -0.05) is 6.92 Å². The monoisotopic (exact) mass is 283 g/mol. The number of halogens is 1. The molecule has 2 N–H and O–H groups in total. The number of aromatic nitrogens is 1. The number of rotatable bonds is 1. The molecule has 3 nitrogen and oxygen atoms in total. The number of hydrogen-bond donors (Lipinski definition) is 1. The molecule has 1 fully saturated rings. The van der Waals surface area contributed by atoms with Crippen molar-refractivity contribution >= 4 is 27.3 Å². The van der Waals surface area contributed by atoms with Crippen LogP contribution < -0.4 is 10.6 Å². The Hall–Kier alpha value is -0.770. The average Bonchev–Trinajstić information content (AvgIpc) is 2.20. The zero-order valence-corrected chi connectivity index (χ0v) is 11.4. The predicted octanol–water partition coefficient (Wildman–Crippen LogP) is 3.05. The van der Waals surface area contributed by atoms with Gasteiger partial charge in [-0.05, 0) is 41.6 Å². The fourth-order valence-electron chi connectivity index (χ4n) is 2.49. The lowest BCUT2D eigenvalue weighted by Gasteiger charge is -2.39. The zero-order valence-electron chi connectivity index (χ0n) is 9.78. The van der Waals surface area contributed by atoms with Gasteiger partial charge in [0.2, 0.25) is 0 Å². The summed E-state index contributed by atoms with van der Waals surface area (Å²) in [5.74, 6) is 0.813. The average molecular weight is 284 g/mol. The van der Waals surface area contributed by atoms with Crippen LogP contribution >= 0.6 is 15.9 Å². The van der Waals surface area contributed by atoms with Gasteiger partial charge >= 0.3 is 0 Å². The van der Waals surface area contributed by atoms with Gasteiger partial charge in [0, 0.05) is 18.8 Å². The van der Waals surface area contributed by atoms with Crippen LogP contribution in [0.25, 0.3) is 0 Å². The van der Waals surface area contributed by atoms with Gasteiger partial charge < -0.3 is 10.6 Å². The summed E-state index contributed by atoms with van der Waals surface area (Å²) in [5.41, 5.74) is 7.88. The quantitative estimate of drug-likeness (QED) is 0.861. The van der Waals surface area contributed by atoms with Crippen LogP contribution in [0.4, 0.5) is 11.4 Å².